The van der Waals surface area contributed by atoms with Gasteiger partial charge in [0.1, 0.15) is 38.0 Å². The van der Waals surface area contributed by atoms with E-state index < -0.39 is 0 Å². The van der Waals surface area contributed by atoms with Crippen LogP contribution in [0.5, 0.6) is 0 Å². The van der Waals surface area contributed by atoms with Gasteiger partial charge in [-0.05, 0) is 31.2 Å². The van der Waals surface area contributed by atoms with Crippen LogP contribution in [0.3, 0.4) is 0 Å². The fraction of sp³-hybridized carbons (Fsp3) is 0.381. The Morgan fingerprint density at radius 2 is 1.65 bits per heavy atom. The molecule has 26 heavy (non-hydrogen) atoms. The molecule has 0 aromatic heterocycles. The maximum atomic E-state index is 13.1. The number of nitrogens with one attached hydrogen (secondary N) is 3. The summed E-state index contributed by atoms with van der Waals surface area (Å²) < 4.78 is 13.1. The van der Waals surface area contributed by atoms with Crippen molar-refractivity contribution < 1.29 is 19.0 Å². The van der Waals surface area contributed by atoms with Gasteiger partial charge in [-0.3, -0.25) is 4.79 Å². The highest BCUT2D eigenvalue weighted by Crippen LogP contribution is 2.11. The van der Waals surface area contributed by atoms with E-state index in [9.17, 15) is 9.18 Å². The molecule has 1 aliphatic rings. The zero-order valence-electron chi connectivity index (χ0n) is 15.5. The van der Waals surface area contributed by atoms with Crippen LogP contribution >= 0.6 is 0 Å². The third kappa shape index (κ3) is 4.68. The van der Waals surface area contributed by atoms with Crippen LogP contribution in [0.1, 0.15) is 27.5 Å². The Morgan fingerprint density at radius 1 is 1.04 bits per heavy atom. The third-order valence-corrected chi connectivity index (χ3v) is 5.29. The van der Waals surface area contributed by atoms with Gasteiger partial charge < -0.3 is 15.1 Å². The summed E-state index contributed by atoms with van der Waals surface area (Å²) in [5.41, 5.74) is 2.98. The number of carbonyl (C=O) groups excluding carboxylic acids is 1. The summed E-state index contributed by atoms with van der Waals surface area (Å²) in [6.45, 7) is 7.13. The summed E-state index contributed by atoms with van der Waals surface area (Å²) in [6.07, 6.45) is 0. The van der Waals surface area contributed by atoms with Crippen LogP contribution in [0.15, 0.2) is 48.5 Å². The van der Waals surface area contributed by atoms with Gasteiger partial charge >= 0.3 is 0 Å². The number of piperazine rings is 1. The van der Waals surface area contributed by atoms with Crippen LogP contribution in [-0.2, 0) is 0 Å². The lowest BCUT2D eigenvalue weighted by Gasteiger charge is -2.33. The molecule has 3 rings (SSSR count). The maximum Gasteiger partial charge on any atom is 0.251 e. The SMILES string of the molecule is Cc1ccc([C@H](CNC(=O)c2ccc(F)cc2)[NH+]2CC[NH+](C)CC2)cc1. The van der Waals surface area contributed by atoms with Crippen LogP contribution in [0.4, 0.5) is 4.39 Å². The number of hydrogen-bond donors (Lipinski definition) is 3. The van der Waals surface area contributed by atoms with Gasteiger partial charge in [0.15, 0.2) is 0 Å². The first-order valence-corrected chi connectivity index (χ1v) is 9.29. The second kappa shape index (κ2) is 8.43. The minimum absolute atomic E-state index is 0.152. The summed E-state index contributed by atoms with van der Waals surface area (Å²) in [7, 11) is 2.23. The zero-order chi connectivity index (χ0) is 18.5. The van der Waals surface area contributed by atoms with Crippen molar-refractivity contribution in [2.24, 2.45) is 0 Å². The first kappa shape index (κ1) is 18.5. The van der Waals surface area contributed by atoms with E-state index in [4.69, 9.17) is 0 Å². The number of likely N-dealkylation sites (N-methyl/N-ethyl adjacent to an activating group) is 1. The summed E-state index contributed by atoms with van der Waals surface area (Å²) in [5.74, 6) is -0.482. The van der Waals surface area contributed by atoms with Gasteiger partial charge in [-0.1, -0.05) is 29.8 Å². The summed E-state index contributed by atoms with van der Waals surface area (Å²) >= 11 is 0. The Kier molecular flexibility index (Phi) is 6.01. The molecular weight excluding hydrogens is 329 g/mol. The molecule has 1 fully saturated rings. The van der Waals surface area contributed by atoms with E-state index in [2.05, 4.69) is 43.6 Å². The van der Waals surface area contributed by atoms with E-state index in [1.165, 1.54) is 40.3 Å². The summed E-state index contributed by atoms with van der Waals surface area (Å²) in [6, 6.07) is 14.5. The minimum Gasteiger partial charge on any atom is -0.346 e. The number of hydrogen-bond acceptors (Lipinski definition) is 1. The number of carbonyl (C=O) groups is 1. The molecule has 5 heteroatoms. The first-order valence-electron chi connectivity index (χ1n) is 9.29. The van der Waals surface area contributed by atoms with E-state index in [1.807, 2.05) is 0 Å². The average molecular weight is 357 g/mol. The van der Waals surface area contributed by atoms with E-state index in [1.54, 1.807) is 4.90 Å². The van der Waals surface area contributed by atoms with Crippen molar-refractivity contribution in [1.29, 1.82) is 0 Å². The predicted molar refractivity (Wildman–Crippen MR) is 100.0 cm³/mol. The molecule has 4 nitrogen and oxygen atoms in total. The van der Waals surface area contributed by atoms with Gasteiger partial charge in [-0.2, -0.15) is 0 Å². The van der Waals surface area contributed by atoms with Crippen molar-refractivity contribution >= 4 is 5.91 Å². The van der Waals surface area contributed by atoms with Crippen LogP contribution in [-0.4, -0.2) is 45.7 Å². The van der Waals surface area contributed by atoms with Crippen LogP contribution in [0.25, 0.3) is 0 Å². The van der Waals surface area contributed by atoms with Gasteiger partial charge in [-0.25, -0.2) is 4.39 Å². The highest BCUT2D eigenvalue weighted by molar-refractivity contribution is 5.94. The normalized spacial score (nSPS) is 21.2. The molecule has 0 radical (unpaired) electrons. The first-order chi connectivity index (χ1) is 12.5. The molecule has 1 aliphatic heterocycles. The van der Waals surface area contributed by atoms with Crippen LogP contribution < -0.4 is 15.1 Å². The Hall–Kier alpha value is -2.24. The van der Waals surface area contributed by atoms with Crippen molar-refractivity contribution in [2.75, 3.05) is 39.8 Å². The van der Waals surface area contributed by atoms with Gasteiger partial charge in [0.25, 0.3) is 5.91 Å². The smallest absolute Gasteiger partial charge is 0.251 e. The number of rotatable bonds is 5. The Morgan fingerprint density at radius 3 is 2.27 bits per heavy atom. The molecular formula is C21H28FN3O+2. The Labute approximate surface area is 154 Å². The number of amides is 1. The van der Waals surface area contributed by atoms with Crippen molar-refractivity contribution in [1.82, 2.24) is 5.32 Å². The van der Waals surface area contributed by atoms with Crippen LogP contribution in [0, 0.1) is 12.7 Å². The van der Waals surface area contributed by atoms with Crippen LogP contribution in [0.2, 0.25) is 0 Å². The molecule has 0 saturated carbocycles. The number of aryl methyl sites for hydroxylation is 1. The summed E-state index contributed by atoms with van der Waals surface area (Å²) in [5, 5.41) is 3.05. The summed E-state index contributed by atoms with van der Waals surface area (Å²) in [4.78, 5) is 15.5. The second-order valence-corrected chi connectivity index (χ2v) is 7.30. The fourth-order valence-corrected chi connectivity index (χ4v) is 3.54. The van der Waals surface area contributed by atoms with Gasteiger partial charge in [0.2, 0.25) is 0 Å². The average Bonchev–Trinajstić information content (AvgIpc) is 2.65. The van der Waals surface area contributed by atoms with Crippen molar-refractivity contribution in [3.8, 4) is 0 Å². The second-order valence-electron chi connectivity index (χ2n) is 7.30. The minimum atomic E-state index is -0.330. The highest BCUT2D eigenvalue weighted by Gasteiger charge is 2.29. The lowest BCUT2D eigenvalue weighted by atomic mass is 10.0. The quantitative estimate of drug-likeness (QED) is 0.694. The molecule has 1 heterocycles. The third-order valence-electron chi connectivity index (χ3n) is 5.29. The maximum absolute atomic E-state index is 13.1. The number of quaternary nitrogens is 2. The standard InChI is InChI=1S/C21H26FN3O/c1-16-3-5-17(6-4-16)20(25-13-11-24(2)12-14-25)15-23-21(26)18-7-9-19(22)10-8-18/h3-10,20H,11-15H2,1-2H3,(H,23,26)/p+2/t20-/m0/s1. The van der Waals surface area contributed by atoms with Gasteiger partial charge in [-0.15, -0.1) is 0 Å². The highest BCUT2D eigenvalue weighted by atomic mass is 19.1. The Bertz CT molecular complexity index is 722. The van der Waals surface area contributed by atoms with Gasteiger partial charge in [0.05, 0.1) is 13.6 Å². The largest absolute Gasteiger partial charge is 0.346 e. The lowest BCUT2D eigenvalue weighted by molar-refractivity contribution is -1.02. The monoisotopic (exact) mass is 357 g/mol. The van der Waals surface area contributed by atoms with E-state index >= 15 is 0 Å². The molecule has 1 atom stereocenters. The fourth-order valence-electron chi connectivity index (χ4n) is 3.54. The molecule has 1 saturated heterocycles. The Balaban J connectivity index is 1.71. The molecule has 3 N–H and O–H groups in total. The van der Waals surface area contributed by atoms with Crippen molar-refractivity contribution in [2.45, 2.75) is 13.0 Å². The number of halogens is 1. The topological polar surface area (TPSA) is 38.0 Å². The molecule has 0 unspecified atom stereocenters. The molecule has 1 amide bonds. The van der Waals surface area contributed by atoms with E-state index in [0.717, 1.165) is 26.2 Å². The molecule has 2 aromatic carbocycles. The van der Waals surface area contributed by atoms with Gasteiger partial charge in [0, 0.05) is 11.1 Å². The molecule has 2 aromatic rings. The van der Waals surface area contributed by atoms with Crippen molar-refractivity contribution in [3.63, 3.8) is 0 Å². The van der Waals surface area contributed by atoms with Crippen molar-refractivity contribution in [3.05, 3.63) is 71.0 Å². The molecule has 0 spiro atoms. The van der Waals surface area contributed by atoms with E-state index in [-0.39, 0.29) is 17.8 Å². The predicted octanol–water partition coefficient (Wildman–Crippen LogP) is 0.0184. The molecule has 0 aliphatic carbocycles. The number of benzene rings is 2. The lowest BCUT2D eigenvalue weighted by Crippen LogP contribution is -3.27. The molecule has 0 bridgehead atoms. The molecule has 138 valence electrons. The zero-order valence-corrected chi connectivity index (χ0v) is 15.5. The van der Waals surface area contributed by atoms with E-state index in [0.29, 0.717) is 12.1 Å².